The van der Waals surface area contributed by atoms with E-state index >= 15 is 0 Å². The summed E-state index contributed by atoms with van der Waals surface area (Å²) in [4.78, 5) is 95.7. The van der Waals surface area contributed by atoms with Gasteiger partial charge in [-0.25, -0.2) is 14.4 Å². The van der Waals surface area contributed by atoms with Crippen LogP contribution >= 0.6 is 0 Å². The summed E-state index contributed by atoms with van der Waals surface area (Å²) < 4.78 is 47.0. The van der Waals surface area contributed by atoms with Crippen molar-refractivity contribution < 1.29 is 224 Å². The first-order valence-electron chi connectivity index (χ1n) is 45.5. The second-order valence-electron chi connectivity index (χ2n) is 32.9. The van der Waals surface area contributed by atoms with Crippen LogP contribution in [0.2, 0.25) is 0 Å². The van der Waals surface area contributed by atoms with Crippen LogP contribution in [0.3, 0.4) is 0 Å². The Morgan fingerprint density at radius 1 is 0.255 bits per heavy atom. The van der Waals surface area contributed by atoms with Crippen molar-refractivity contribution in [1.29, 1.82) is 0 Å². The third-order valence-corrected chi connectivity index (χ3v) is 20.1. The standard InChI is InChI=1S/C81H161N11O45/c1-82-61(24-71(118)83-12-15-86-79(126)135-47-58(107)44-132-41-55(104)38-129-35-52(101)26-90(18-4-2-6-50(99)33-97)19-5-3-7-51(100)34-98)78(125)89-62(77(124)85-14-17-88-81(128)137-49-60(109)46-134-43-57(106)40-131-37-54(103)28-92(31-69(116)75(122)65(112)10-22-95)32-70(117)76(123)66(113)11-23-96)25-72(119)84-13-16-87-80(127)136-48-59(108)45-133-42-56(105)39-130-36-53(102)27-91(29-67(114)73(120)63(110)8-20-93)30-68(115)74(121)64(111)9-21-94/h50-70,73-76,82,93-117,120-123H,2-49H2,1H3,(H,83,118)(H,84,119)(H,85,124)(H,86,126)(H,87,127)(H,88,128)(H,89,125)/t50-,51-,52?,53?,54?,55?,56?,57?,58?,59?,60?,61+,62-,63+,64+,65+,66+,67-,68-,69-,70-,73-,74-,75-,76-/m0/s1. The predicted octanol–water partition coefficient (Wildman–Crippen LogP) is -18.5. The van der Waals surface area contributed by atoms with Gasteiger partial charge in [-0.05, 0) is 84.3 Å². The van der Waals surface area contributed by atoms with Gasteiger partial charge in [0, 0.05) is 112 Å². The van der Waals surface area contributed by atoms with Gasteiger partial charge in [-0.1, -0.05) is 0 Å². The topological polar surface area (TPSA) is 895 Å². The van der Waals surface area contributed by atoms with Gasteiger partial charge in [0.2, 0.25) is 23.6 Å². The van der Waals surface area contributed by atoms with Gasteiger partial charge in [-0.3, -0.25) is 29.0 Å². The van der Waals surface area contributed by atoms with Crippen molar-refractivity contribution >= 4 is 41.9 Å². The number of carbonyl (C=O) groups excluding carboxylic acids is 7. The van der Waals surface area contributed by atoms with E-state index in [1.807, 2.05) is 4.90 Å². The highest BCUT2D eigenvalue weighted by molar-refractivity contribution is 5.95. The molecule has 0 aromatic carbocycles. The zero-order valence-corrected chi connectivity index (χ0v) is 77.7. The lowest BCUT2D eigenvalue weighted by Gasteiger charge is -2.33. The number of carbonyl (C=O) groups is 7. The van der Waals surface area contributed by atoms with E-state index in [2.05, 4.69) is 42.5 Å². The van der Waals surface area contributed by atoms with Gasteiger partial charge in [-0.15, -0.1) is 0 Å². The van der Waals surface area contributed by atoms with Gasteiger partial charge >= 0.3 is 18.3 Å². The SMILES string of the molecule is CN[C@H](CC(=O)NCCNC(=O)OCC(O)COCC(O)COCC(O)CN(CCCC[C@H](O)CO)CCCC[C@H](O)CO)C(=O)N[C@@H](CC(=O)NCCNC(=O)OCC(O)COCC(O)COCC(O)CN(C[C@H](O)[C@@H](O)[C@H](O)CCO)C[C@H](O)[C@@H](O)[C@H](O)CCO)C(=O)NCCNC(=O)OCC(O)COCC(O)COCC(O)CN(C[C@H](O)[C@@H](O)[C@H](O)CCO)C[C@H](O)[C@@H](O)[C@H](O)CCO. The fourth-order valence-corrected chi connectivity index (χ4v) is 12.7. The van der Waals surface area contributed by atoms with E-state index in [4.69, 9.17) is 73.3 Å². The van der Waals surface area contributed by atoms with Crippen molar-refractivity contribution in [2.75, 3.05) is 244 Å². The highest BCUT2D eigenvalue weighted by Gasteiger charge is 2.35. The number of alkyl carbamates (subject to hydrolysis) is 3. The zero-order chi connectivity index (χ0) is 103. The summed E-state index contributed by atoms with van der Waals surface area (Å²) in [6.07, 6.45) is -36.2. The maximum atomic E-state index is 13.7. The molecule has 56 heteroatoms. The van der Waals surface area contributed by atoms with E-state index in [0.29, 0.717) is 51.6 Å². The summed E-state index contributed by atoms with van der Waals surface area (Å²) in [6.45, 7) is -12.9. The third-order valence-electron chi connectivity index (χ3n) is 20.1. The number of amides is 7. The van der Waals surface area contributed by atoms with E-state index in [0.717, 1.165) is 0 Å². The molecule has 0 saturated heterocycles. The van der Waals surface area contributed by atoms with E-state index in [9.17, 15) is 151 Å². The molecular formula is C81H161N11O45. The highest BCUT2D eigenvalue weighted by atomic mass is 16.6. The summed E-state index contributed by atoms with van der Waals surface area (Å²) in [7, 11) is 1.29. The summed E-state index contributed by atoms with van der Waals surface area (Å²) >= 11 is 0. The van der Waals surface area contributed by atoms with Gasteiger partial charge in [0.25, 0.3) is 0 Å². The van der Waals surface area contributed by atoms with E-state index in [1.54, 1.807) is 0 Å². The number of likely N-dealkylation sites (N-methyl/N-ethyl adjacent to an activating group) is 1. The maximum absolute atomic E-state index is 13.7. The Morgan fingerprint density at radius 2 is 0.504 bits per heavy atom. The van der Waals surface area contributed by atoms with Crippen LogP contribution in [0.15, 0.2) is 0 Å². The summed E-state index contributed by atoms with van der Waals surface area (Å²) in [5.41, 5.74) is 0. The van der Waals surface area contributed by atoms with Gasteiger partial charge in [0.1, 0.15) is 86.9 Å². The Labute approximate surface area is 794 Å². The largest absolute Gasteiger partial charge is 0.447 e. The molecule has 0 radical (unpaired) electrons. The van der Waals surface area contributed by atoms with Crippen molar-refractivity contribution in [3.63, 3.8) is 0 Å². The molecular weight excluding hydrogens is 1850 g/mol. The molecule has 0 rings (SSSR count). The molecule has 37 N–H and O–H groups in total. The summed E-state index contributed by atoms with van der Waals surface area (Å²) in [5, 5.41) is 311. The number of nitrogens with zero attached hydrogens (tertiary/aromatic N) is 3. The lowest BCUT2D eigenvalue weighted by molar-refractivity contribution is -0.133. The Kier molecular flexibility index (Phi) is 77.1. The van der Waals surface area contributed by atoms with Crippen LogP contribution in [-0.2, 0) is 61.8 Å². The number of nitrogens with one attached hydrogen (secondary N) is 8. The molecule has 810 valence electrons. The average Bonchev–Trinajstić information content (AvgIpc) is 0.872. The smallest absolute Gasteiger partial charge is 0.407 e. The second kappa shape index (κ2) is 80.5. The van der Waals surface area contributed by atoms with E-state index in [-0.39, 0.29) is 111 Å². The third kappa shape index (κ3) is 67.3. The number of unbranched alkanes of at least 4 members (excludes halogenated alkanes) is 2. The molecule has 0 aliphatic rings. The Balaban J connectivity index is 5.68. The van der Waals surface area contributed by atoms with E-state index in [1.165, 1.54) is 16.8 Å². The summed E-state index contributed by atoms with van der Waals surface area (Å²) in [6, 6.07) is -3.09. The minimum absolute atomic E-state index is 0.147. The first kappa shape index (κ1) is 131. The van der Waals surface area contributed by atoms with Crippen molar-refractivity contribution in [3.8, 4) is 0 Å². The minimum atomic E-state index is -1.79. The van der Waals surface area contributed by atoms with Gasteiger partial charge in [-0.2, -0.15) is 0 Å². The van der Waals surface area contributed by atoms with Crippen LogP contribution < -0.4 is 42.5 Å². The number of aliphatic hydroxyl groups is 29. The molecule has 0 fully saturated rings. The second-order valence-corrected chi connectivity index (χ2v) is 32.9. The molecule has 0 bridgehead atoms. The number of ether oxygens (including phenoxy) is 9. The van der Waals surface area contributed by atoms with Gasteiger partial charge in [0.15, 0.2) is 0 Å². The fourth-order valence-electron chi connectivity index (χ4n) is 12.7. The first-order valence-corrected chi connectivity index (χ1v) is 45.5. The van der Waals surface area contributed by atoms with Gasteiger partial charge < -0.3 is 238 Å². The number of aliphatic hydroxyl groups excluding tert-OH is 29. The molecule has 137 heavy (non-hydrogen) atoms. The van der Waals surface area contributed by atoms with Crippen LogP contribution in [0.1, 0.15) is 77.0 Å². The van der Waals surface area contributed by atoms with Gasteiger partial charge in [0.05, 0.1) is 191 Å². The maximum Gasteiger partial charge on any atom is 0.407 e. The average molecular weight is 2010 g/mol. The molecule has 56 nitrogen and oxygen atoms in total. The Bertz CT molecular complexity index is 2970. The monoisotopic (exact) mass is 2010 g/mol. The van der Waals surface area contributed by atoms with Crippen LogP contribution in [0.25, 0.3) is 0 Å². The lowest BCUT2D eigenvalue weighted by atomic mass is 10.0. The van der Waals surface area contributed by atoms with Crippen LogP contribution in [0.5, 0.6) is 0 Å². The quantitative estimate of drug-likeness (QED) is 0.0199. The lowest BCUT2D eigenvalue weighted by Crippen LogP contribution is -2.55. The Morgan fingerprint density at radius 3 is 0.774 bits per heavy atom. The molecule has 0 aliphatic heterocycles. The minimum Gasteiger partial charge on any atom is -0.447 e. The molecule has 0 spiro atoms. The fraction of sp³-hybridized carbons (Fsp3) is 0.914. The van der Waals surface area contributed by atoms with Crippen molar-refractivity contribution in [2.24, 2.45) is 0 Å². The Hall–Kier alpha value is -5.87. The van der Waals surface area contributed by atoms with Crippen molar-refractivity contribution in [1.82, 2.24) is 57.2 Å². The van der Waals surface area contributed by atoms with Crippen LogP contribution in [0, 0.1) is 0 Å². The number of hydrogen-bond acceptors (Lipinski definition) is 49. The first-order chi connectivity index (χ1) is 65.1. The molecule has 0 aliphatic carbocycles. The highest BCUT2D eigenvalue weighted by Crippen LogP contribution is 2.16. The summed E-state index contributed by atoms with van der Waals surface area (Å²) in [5.74, 6) is -3.65. The van der Waals surface area contributed by atoms with Crippen LogP contribution in [-0.4, -0.2) is 601 Å². The van der Waals surface area contributed by atoms with E-state index < -0.39 is 346 Å². The molecule has 25 atom stereocenters. The predicted molar refractivity (Wildman–Crippen MR) is 472 cm³/mol. The molecule has 0 aromatic rings. The molecule has 0 saturated carbocycles. The number of hydrogen-bond donors (Lipinski definition) is 37. The number of rotatable bonds is 89. The zero-order valence-electron chi connectivity index (χ0n) is 77.7. The normalized spacial score (nSPS) is 17.5. The molecule has 0 heterocycles. The van der Waals surface area contributed by atoms with Crippen molar-refractivity contribution in [3.05, 3.63) is 0 Å². The molecule has 0 aromatic heterocycles. The molecule has 7 amide bonds. The van der Waals surface area contributed by atoms with Crippen molar-refractivity contribution in [2.45, 2.75) is 230 Å². The van der Waals surface area contributed by atoms with Crippen LogP contribution in [0.4, 0.5) is 14.4 Å². The molecule has 9 unspecified atom stereocenters.